The molecule has 0 bridgehead atoms. The van der Waals surface area contributed by atoms with Crippen molar-refractivity contribution in [2.45, 2.75) is 11.8 Å². The van der Waals surface area contributed by atoms with Gasteiger partial charge < -0.3 is 0 Å². The number of hydrogen-bond donors (Lipinski definition) is 1. The normalized spacial score (nSPS) is 17.6. The lowest BCUT2D eigenvalue weighted by atomic mass is 9.95. The van der Waals surface area contributed by atoms with Crippen LogP contribution >= 0.6 is 0 Å². The summed E-state index contributed by atoms with van der Waals surface area (Å²) in [5.74, 6) is 4.02. The molecule has 1 aromatic rings. The quantitative estimate of drug-likeness (QED) is 0.766. The molecule has 9 heteroatoms. The molecule has 1 aliphatic heterocycles. The van der Waals surface area contributed by atoms with Crippen molar-refractivity contribution in [3.8, 4) is 12.1 Å². The van der Waals surface area contributed by atoms with E-state index in [0.29, 0.717) is 0 Å². The van der Waals surface area contributed by atoms with E-state index in [1.54, 1.807) is 12.1 Å². The Morgan fingerprint density at radius 2 is 2.05 bits per heavy atom. The van der Waals surface area contributed by atoms with Gasteiger partial charge in [-0.25, -0.2) is 5.84 Å². The van der Waals surface area contributed by atoms with Crippen molar-refractivity contribution in [3.05, 3.63) is 18.5 Å². The lowest BCUT2D eigenvalue weighted by Gasteiger charge is -2.29. The number of nitrogens with zero attached hydrogens (tertiary/aromatic N) is 5. The molecule has 102 valence electrons. The summed E-state index contributed by atoms with van der Waals surface area (Å²) in [6.45, 7) is 1.53. The first-order chi connectivity index (χ1) is 9.42. The third-order valence-electron chi connectivity index (χ3n) is 2.95. The number of hydrazine groups is 1. The van der Waals surface area contributed by atoms with E-state index in [1.807, 2.05) is 0 Å². The fourth-order valence-corrected chi connectivity index (χ4v) is 3.04. The molecule has 0 saturated carbocycles. The molecule has 0 fully saturated rings. The zero-order valence-corrected chi connectivity index (χ0v) is 11.2. The van der Waals surface area contributed by atoms with Gasteiger partial charge in [-0.2, -0.15) is 18.9 Å². The minimum Gasteiger partial charge on any atom is -0.263 e. The van der Waals surface area contributed by atoms with E-state index in [0.717, 1.165) is 11.2 Å². The number of hydrogen-bond acceptors (Lipinski definition) is 7. The van der Waals surface area contributed by atoms with Crippen LogP contribution in [0.2, 0.25) is 0 Å². The predicted molar refractivity (Wildman–Crippen MR) is 69.4 cm³/mol. The number of aromatic nitrogens is 1. The topological polar surface area (TPSA) is 136 Å². The highest BCUT2D eigenvalue weighted by atomic mass is 32.2. The number of sulfonamides is 1. The Labute approximate surface area is 115 Å². The third-order valence-corrected chi connectivity index (χ3v) is 4.24. The number of nitrogens with two attached hydrogens (primary N) is 1. The van der Waals surface area contributed by atoms with Crippen LogP contribution in [0.5, 0.6) is 0 Å². The summed E-state index contributed by atoms with van der Waals surface area (Å²) in [4.78, 5) is 3.62. The molecule has 1 unspecified atom stereocenters. The van der Waals surface area contributed by atoms with Gasteiger partial charge in [0.15, 0.2) is 0 Å². The standard InChI is InChI=1S/C11H10N6O2S/c1-7(8(4-12)5-13)11-16-20(18,19)10-6-15-3-2-9(10)17(11)14/h2-3,6-8H,14H2,1H3. The largest absolute Gasteiger partial charge is 0.287 e. The molecule has 2 N–H and O–H groups in total. The van der Waals surface area contributed by atoms with Crippen LogP contribution in [0.25, 0.3) is 0 Å². The van der Waals surface area contributed by atoms with Crippen LogP contribution in [0.3, 0.4) is 0 Å². The maximum absolute atomic E-state index is 12.1. The second-order valence-corrected chi connectivity index (χ2v) is 5.74. The summed E-state index contributed by atoms with van der Waals surface area (Å²) >= 11 is 0. The molecule has 0 aromatic carbocycles. The SMILES string of the molecule is CC(C1=NS(=O)(=O)c2cnccc2N1N)C(C#N)C#N. The molecule has 0 saturated heterocycles. The maximum Gasteiger partial charge on any atom is 0.287 e. The van der Waals surface area contributed by atoms with Crippen LogP contribution in [0, 0.1) is 34.5 Å². The second-order valence-electron chi connectivity index (χ2n) is 4.16. The van der Waals surface area contributed by atoms with Gasteiger partial charge in [0, 0.05) is 18.3 Å². The highest BCUT2D eigenvalue weighted by molar-refractivity contribution is 7.90. The Morgan fingerprint density at radius 1 is 1.40 bits per heavy atom. The summed E-state index contributed by atoms with van der Waals surface area (Å²) in [5, 5.41) is 18.9. The molecule has 1 aromatic heterocycles. The minimum absolute atomic E-state index is 0.0446. The van der Waals surface area contributed by atoms with E-state index < -0.39 is 21.9 Å². The van der Waals surface area contributed by atoms with Gasteiger partial charge in [-0.05, 0) is 6.07 Å². The molecule has 1 atom stereocenters. The third kappa shape index (κ3) is 2.09. The Kier molecular flexibility index (Phi) is 3.40. The number of anilines is 1. The minimum atomic E-state index is -3.93. The van der Waals surface area contributed by atoms with Gasteiger partial charge in [-0.3, -0.25) is 9.99 Å². The number of pyridine rings is 1. The van der Waals surface area contributed by atoms with Crippen LogP contribution in [0.15, 0.2) is 27.8 Å². The fraction of sp³-hybridized carbons (Fsp3) is 0.273. The van der Waals surface area contributed by atoms with Crippen LogP contribution in [0.1, 0.15) is 6.92 Å². The molecule has 1 aliphatic rings. The van der Waals surface area contributed by atoms with Crippen molar-refractivity contribution in [1.29, 1.82) is 10.5 Å². The van der Waals surface area contributed by atoms with Gasteiger partial charge in [0.1, 0.15) is 16.6 Å². The van der Waals surface area contributed by atoms with Gasteiger partial charge >= 0.3 is 0 Å². The second kappa shape index (κ2) is 4.89. The molecule has 20 heavy (non-hydrogen) atoms. The molecule has 2 rings (SSSR count). The molecule has 0 spiro atoms. The van der Waals surface area contributed by atoms with Gasteiger partial charge in [0.25, 0.3) is 10.0 Å². The van der Waals surface area contributed by atoms with Gasteiger partial charge in [-0.1, -0.05) is 6.92 Å². The Balaban J connectivity index is 2.57. The number of amidine groups is 1. The smallest absolute Gasteiger partial charge is 0.263 e. The first-order valence-corrected chi connectivity index (χ1v) is 6.99. The van der Waals surface area contributed by atoms with E-state index in [9.17, 15) is 8.42 Å². The highest BCUT2D eigenvalue weighted by Crippen LogP contribution is 2.31. The first kappa shape index (κ1) is 13.9. The van der Waals surface area contributed by atoms with Gasteiger partial charge in [0.2, 0.25) is 0 Å². The van der Waals surface area contributed by atoms with E-state index in [4.69, 9.17) is 16.4 Å². The monoisotopic (exact) mass is 290 g/mol. The molecular formula is C11H10N6O2S. The first-order valence-electron chi connectivity index (χ1n) is 5.55. The molecule has 0 amide bonds. The average molecular weight is 290 g/mol. The van der Waals surface area contributed by atoms with E-state index in [1.165, 1.54) is 19.2 Å². The maximum atomic E-state index is 12.1. The fourth-order valence-electron chi connectivity index (χ4n) is 1.81. The van der Waals surface area contributed by atoms with E-state index in [2.05, 4.69) is 9.38 Å². The lowest BCUT2D eigenvalue weighted by Crippen LogP contribution is -2.46. The van der Waals surface area contributed by atoms with E-state index >= 15 is 0 Å². The highest BCUT2D eigenvalue weighted by Gasteiger charge is 2.35. The van der Waals surface area contributed by atoms with Crippen LogP contribution < -0.4 is 10.9 Å². The van der Waals surface area contributed by atoms with Crippen molar-refractivity contribution < 1.29 is 8.42 Å². The van der Waals surface area contributed by atoms with Crippen molar-refractivity contribution in [2.75, 3.05) is 5.01 Å². The molecule has 0 aliphatic carbocycles. The molecule has 8 nitrogen and oxygen atoms in total. The molecule has 0 radical (unpaired) electrons. The Morgan fingerprint density at radius 3 is 2.65 bits per heavy atom. The Hall–Kier alpha value is -2.49. The van der Waals surface area contributed by atoms with Crippen molar-refractivity contribution >= 4 is 21.5 Å². The van der Waals surface area contributed by atoms with Crippen LogP contribution in [-0.4, -0.2) is 19.2 Å². The van der Waals surface area contributed by atoms with Gasteiger partial charge in [0.05, 0.1) is 17.8 Å². The van der Waals surface area contributed by atoms with Crippen molar-refractivity contribution in [1.82, 2.24) is 4.98 Å². The number of nitriles is 2. The van der Waals surface area contributed by atoms with Crippen LogP contribution in [-0.2, 0) is 10.0 Å². The average Bonchev–Trinajstić information content (AvgIpc) is 2.44. The summed E-state index contributed by atoms with van der Waals surface area (Å²) < 4.78 is 27.7. The van der Waals surface area contributed by atoms with E-state index in [-0.39, 0.29) is 16.4 Å². The lowest BCUT2D eigenvalue weighted by molar-refractivity contribution is 0.592. The van der Waals surface area contributed by atoms with Gasteiger partial charge in [-0.15, -0.1) is 4.40 Å². The zero-order valence-electron chi connectivity index (χ0n) is 10.4. The zero-order chi connectivity index (χ0) is 14.9. The van der Waals surface area contributed by atoms with Crippen molar-refractivity contribution in [2.24, 2.45) is 22.1 Å². The van der Waals surface area contributed by atoms with Crippen LogP contribution in [0.4, 0.5) is 5.69 Å². The molecule has 2 heterocycles. The summed E-state index contributed by atoms with van der Waals surface area (Å²) in [6, 6.07) is 5.01. The summed E-state index contributed by atoms with van der Waals surface area (Å²) in [7, 11) is -3.93. The predicted octanol–water partition coefficient (Wildman–Crippen LogP) is 0.162. The summed E-state index contributed by atoms with van der Waals surface area (Å²) in [6.07, 6.45) is 2.55. The number of fused-ring (bicyclic) bond motifs is 1. The Bertz CT molecular complexity index is 744. The van der Waals surface area contributed by atoms with Crippen molar-refractivity contribution in [3.63, 3.8) is 0 Å². The summed E-state index contributed by atoms with van der Waals surface area (Å²) in [5.41, 5.74) is 0.214. The number of rotatable bonds is 2. The molecular weight excluding hydrogens is 280 g/mol.